The molecule has 0 saturated heterocycles. The lowest BCUT2D eigenvalue weighted by Crippen LogP contribution is -2.38. The zero-order chi connectivity index (χ0) is 14.1. The fourth-order valence-corrected chi connectivity index (χ4v) is 3.49. The van der Waals surface area contributed by atoms with Crippen molar-refractivity contribution in [1.82, 2.24) is 4.72 Å². The molecule has 0 amide bonds. The lowest BCUT2D eigenvalue weighted by atomic mass is 9.92. The second kappa shape index (κ2) is 5.23. The molecule has 1 aliphatic carbocycles. The highest BCUT2D eigenvalue weighted by molar-refractivity contribution is 7.89. The van der Waals surface area contributed by atoms with Gasteiger partial charge in [0.1, 0.15) is 0 Å². The molecule has 0 spiro atoms. The molecular formula is C14H21NO3S. The third-order valence-corrected chi connectivity index (χ3v) is 4.72. The molecule has 2 N–H and O–H groups in total. The topological polar surface area (TPSA) is 66.4 Å². The maximum absolute atomic E-state index is 12.1. The van der Waals surface area contributed by atoms with E-state index in [0.29, 0.717) is 0 Å². The summed E-state index contributed by atoms with van der Waals surface area (Å²) in [4.78, 5) is 0.289. The monoisotopic (exact) mass is 283 g/mol. The van der Waals surface area contributed by atoms with Gasteiger partial charge in [0.25, 0.3) is 0 Å². The summed E-state index contributed by atoms with van der Waals surface area (Å²) in [6.45, 7) is 3.15. The van der Waals surface area contributed by atoms with Gasteiger partial charge in [-0.2, -0.15) is 0 Å². The first-order valence-corrected chi connectivity index (χ1v) is 8.10. The number of hydrogen-bond acceptors (Lipinski definition) is 3. The van der Waals surface area contributed by atoms with E-state index in [1.54, 1.807) is 26.0 Å². The second-order valence-electron chi connectivity index (χ2n) is 5.77. The van der Waals surface area contributed by atoms with Gasteiger partial charge in [0, 0.05) is 6.54 Å². The Morgan fingerprint density at radius 2 is 1.84 bits per heavy atom. The molecule has 0 aliphatic heterocycles. The van der Waals surface area contributed by atoms with E-state index in [0.717, 1.165) is 24.8 Å². The number of sulfonamides is 1. The Hall–Kier alpha value is -0.910. The van der Waals surface area contributed by atoms with Gasteiger partial charge >= 0.3 is 0 Å². The van der Waals surface area contributed by atoms with Crippen molar-refractivity contribution in [3.63, 3.8) is 0 Å². The molecule has 0 radical (unpaired) electrons. The Kier molecular flexibility index (Phi) is 3.99. The van der Waals surface area contributed by atoms with Crippen LogP contribution in [0.15, 0.2) is 23.1 Å². The quantitative estimate of drug-likeness (QED) is 0.882. The second-order valence-corrected chi connectivity index (χ2v) is 7.54. The molecule has 2 rings (SSSR count). The van der Waals surface area contributed by atoms with Crippen LogP contribution >= 0.6 is 0 Å². The maximum atomic E-state index is 12.1. The SMILES string of the molecule is CC(C)(O)CNS(=O)(=O)c1ccc2c(c1)CCCC2. The molecule has 0 unspecified atom stereocenters. The van der Waals surface area contributed by atoms with Gasteiger partial charge in [-0.25, -0.2) is 13.1 Å². The highest BCUT2D eigenvalue weighted by Crippen LogP contribution is 2.24. The Bertz CT molecular complexity index is 559. The zero-order valence-electron chi connectivity index (χ0n) is 11.4. The van der Waals surface area contributed by atoms with Gasteiger partial charge in [-0.1, -0.05) is 6.07 Å². The average molecular weight is 283 g/mol. The van der Waals surface area contributed by atoms with Crippen molar-refractivity contribution in [3.8, 4) is 0 Å². The van der Waals surface area contributed by atoms with Crippen molar-refractivity contribution in [2.24, 2.45) is 0 Å². The van der Waals surface area contributed by atoms with Gasteiger partial charge < -0.3 is 5.11 Å². The van der Waals surface area contributed by atoms with Crippen LogP contribution in [0.25, 0.3) is 0 Å². The Morgan fingerprint density at radius 1 is 1.21 bits per heavy atom. The highest BCUT2D eigenvalue weighted by atomic mass is 32.2. The van der Waals surface area contributed by atoms with E-state index < -0.39 is 15.6 Å². The van der Waals surface area contributed by atoms with E-state index in [1.165, 1.54) is 12.0 Å². The minimum absolute atomic E-state index is 0.00637. The van der Waals surface area contributed by atoms with Crippen LogP contribution in [0.2, 0.25) is 0 Å². The summed E-state index contributed by atoms with van der Waals surface area (Å²) in [5, 5.41) is 9.59. The standard InChI is InChI=1S/C14H21NO3S/c1-14(2,16)10-15-19(17,18)13-8-7-11-5-3-4-6-12(11)9-13/h7-9,15-16H,3-6,10H2,1-2H3. The molecule has 19 heavy (non-hydrogen) atoms. The molecule has 0 bridgehead atoms. The Labute approximate surface area is 114 Å². The molecule has 4 nitrogen and oxygen atoms in total. The molecular weight excluding hydrogens is 262 g/mol. The predicted molar refractivity (Wildman–Crippen MR) is 74.6 cm³/mol. The summed E-state index contributed by atoms with van der Waals surface area (Å²) in [7, 11) is -3.54. The predicted octanol–water partition coefficient (Wildman–Crippen LogP) is 1.61. The van der Waals surface area contributed by atoms with Gasteiger partial charge in [-0.05, 0) is 62.8 Å². The summed E-state index contributed by atoms with van der Waals surface area (Å²) in [5.41, 5.74) is 1.34. The van der Waals surface area contributed by atoms with Crippen LogP contribution in [-0.2, 0) is 22.9 Å². The number of fused-ring (bicyclic) bond motifs is 1. The first kappa shape index (κ1) is 14.5. The summed E-state index contributed by atoms with van der Waals surface area (Å²) < 4.78 is 26.7. The van der Waals surface area contributed by atoms with Crippen LogP contribution in [-0.4, -0.2) is 25.7 Å². The van der Waals surface area contributed by atoms with Gasteiger partial charge in [0.05, 0.1) is 10.5 Å². The first-order valence-electron chi connectivity index (χ1n) is 6.62. The van der Waals surface area contributed by atoms with Gasteiger partial charge in [-0.15, -0.1) is 0 Å². The molecule has 106 valence electrons. The molecule has 1 aromatic rings. The Morgan fingerprint density at radius 3 is 2.47 bits per heavy atom. The number of aryl methyl sites for hydroxylation is 2. The maximum Gasteiger partial charge on any atom is 0.240 e. The molecule has 0 fully saturated rings. The molecule has 0 atom stereocenters. The molecule has 0 saturated carbocycles. The molecule has 0 heterocycles. The highest BCUT2D eigenvalue weighted by Gasteiger charge is 2.21. The van der Waals surface area contributed by atoms with Crippen LogP contribution in [0.4, 0.5) is 0 Å². The van der Waals surface area contributed by atoms with Crippen LogP contribution in [0.1, 0.15) is 37.8 Å². The van der Waals surface area contributed by atoms with E-state index >= 15 is 0 Å². The number of benzene rings is 1. The van der Waals surface area contributed by atoms with Crippen molar-refractivity contribution in [2.75, 3.05) is 6.54 Å². The van der Waals surface area contributed by atoms with Crippen molar-refractivity contribution in [3.05, 3.63) is 29.3 Å². The van der Waals surface area contributed by atoms with Gasteiger partial charge in [0.15, 0.2) is 0 Å². The lowest BCUT2D eigenvalue weighted by molar-refractivity contribution is 0.0857. The molecule has 0 aromatic heterocycles. The molecule has 1 aromatic carbocycles. The van der Waals surface area contributed by atoms with Crippen molar-refractivity contribution in [2.45, 2.75) is 50.0 Å². The third kappa shape index (κ3) is 3.78. The fraction of sp³-hybridized carbons (Fsp3) is 0.571. The van der Waals surface area contributed by atoms with E-state index in [2.05, 4.69) is 4.72 Å². The van der Waals surface area contributed by atoms with Crippen LogP contribution in [0.5, 0.6) is 0 Å². The minimum atomic E-state index is -3.54. The van der Waals surface area contributed by atoms with E-state index in [4.69, 9.17) is 0 Å². The van der Waals surface area contributed by atoms with Crippen molar-refractivity contribution in [1.29, 1.82) is 0 Å². The smallest absolute Gasteiger partial charge is 0.240 e. The first-order chi connectivity index (χ1) is 8.78. The largest absolute Gasteiger partial charge is 0.389 e. The molecule has 1 aliphatic rings. The van der Waals surface area contributed by atoms with Gasteiger partial charge in [-0.3, -0.25) is 0 Å². The van der Waals surface area contributed by atoms with Crippen molar-refractivity contribution >= 4 is 10.0 Å². The number of nitrogens with one attached hydrogen (secondary N) is 1. The molecule has 5 heteroatoms. The van der Waals surface area contributed by atoms with Crippen molar-refractivity contribution < 1.29 is 13.5 Å². The summed E-state index contributed by atoms with van der Waals surface area (Å²) in [5.74, 6) is 0. The number of rotatable bonds is 4. The van der Waals surface area contributed by atoms with E-state index in [9.17, 15) is 13.5 Å². The average Bonchev–Trinajstić information content (AvgIpc) is 2.35. The zero-order valence-corrected chi connectivity index (χ0v) is 12.3. The van der Waals surface area contributed by atoms with Crippen LogP contribution in [0, 0.1) is 0 Å². The number of hydrogen-bond donors (Lipinski definition) is 2. The Balaban J connectivity index is 2.21. The normalized spacial score (nSPS) is 16.2. The fourth-order valence-electron chi connectivity index (χ4n) is 2.23. The third-order valence-electron chi connectivity index (χ3n) is 3.33. The van der Waals surface area contributed by atoms with Crippen LogP contribution < -0.4 is 4.72 Å². The van der Waals surface area contributed by atoms with E-state index in [1.807, 2.05) is 6.07 Å². The van der Waals surface area contributed by atoms with Crippen LogP contribution in [0.3, 0.4) is 0 Å². The van der Waals surface area contributed by atoms with Gasteiger partial charge in [0.2, 0.25) is 10.0 Å². The minimum Gasteiger partial charge on any atom is -0.389 e. The van der Waals surface area contributed by atoms with E-state index in [-0.39, 0.29) is 11.4 Å². The number of aliphatic hydroxyl groups is 1. The summed E-state index contributed by atoms with van der Waals surface area (Å²) >= 11 is 0. The lowest BCUT2D eigenvalue weighted by Gasteiger charge is -2.19. The summed E-state index contributed by atoms with van der Waals surface area (Å²) in [6.07, 6.45) is 4.28. The summed E-state index contributed by atoms with van der Waals surface area (Å²) in [6, 6.07) is 5.32.